The van der Waals surface area contributed by atoms with Crippen molar-refractivity contribution in [1.82, 2.24) is 20.0 Å². The van der Waals surface area contributed by atoms with E-state index < -0.39 is 0 Å². The Kier molecular flexibility index (Phi) is 6.91. The van der Waals surface area contributed by atoms with Gasteiger partial charge in [-0.2, -0.15) is 4.98 Å². The highest BCUT2D eigenvalue weighted by Crippen LogP contribution is 2.31. The number of nitrogens with one attached hydrogen (secondary N) is 1. The van der Waals surface area contributed by atoms with E-state index in [1.807, 2.05) is 0 Å². The van der Waals surface area contributed by atoms with Crippen LogP contribution in [0.1, 0.15) is 63.8 Å². The molecule has 0 spiro atoms. The van der Waals surface area contributed by atoms with Gasteiger partial charge in [0.05, 0.1) is 6.04 Å². The molecule has 0 amide bonds. The number of fused-ring (bicyclic) bond motifs is 1. The smallest absolute Gasteiger partial charge is 0.244 e. The van der Waals surface area contributed by atoms with E-state index in [4.69, 9.17) is 9.51 Å². The SMILES string of the molecule is CCCCCCCn1cc(-c2noc(C3CCCN3)n2)c2ccccc21.Cl. The fourth-order valence-electron chi connectivity index (χ4n) is 3.88. The molecule has 1 aromatic carbocycles. The summed E-state index contributed by atoms with van der Waals surface area (Å²) < 4.78 is 7.90. The van der Waals surface area contributed by atoms with Crippen molar-refractivity contribution in [2.24, 2.45) is 0 Å². The van der Waals surface area contributed by atoms with Gasteiger partial charge in [0.1, 0.15) is 0 Å². The van der Waals surface area contributed by atoms with Gasteiger partial charge in [-0.15, -0.1) is 12.4 Å². The lowest BCUT2D eigenvalue weighted by atomic mass is 10.1. The molecular formula is C21H29ClN4O. The molecule has 1 saturated heterocycles. The van der Waals surface area contributed by atoms with Gasteiger partial charge in [0.15, 0.2) is 0 Å². The molecule has 1 fully saturated rings. The zero-order chi connectivity index (χ0) is 17.8. The lowest BCUT2D eigenvalue weighted by Gasteiger charge is -2.04. The topological polar surface area (TPSA) is 55.9 Å². The van der Waals surface area contributed by atoms with Crippen LogP contribution in [0.2, 0.25) is 0 Å². The molecule has 0 radical (unpaired) electrons. The van der Waals surface area contributed by atoms with Gasteiger partial charge in [0, 0.05) is 29.2 Å². The van der Waals surface area contributed by atoms with Gasteiger partial charge in [0.2, 0.25) is 11.7 Å². The van der Waals surface area contributed by atoms with Gasteiger partial charge in [-0.1, -0.05) is 56.0 Å². The Bertz CT molecular complexity index is 851. The predicted molar refractivity (Wildman–Crippen MR) is 111 cm³/mol. The van der Waals surface area contributed by atoms with Crippen LogP contribution >= 0.6 is 12.4 Å². The Morgan fingerprint density at radius 3 is 2.85 bits per heavy atom. The molecule has 1 atom stereocenters. The molecule has 3 aromatic rings. The summed E-state index contributed by atoms with van der Waals surface area (Å²) in [6, 6.07) is 8.73. The standard InChI is InChI=1S/C21H28N4O.ClH/c1-2-3-4-5-8-14-25-15-17(16-10-6-7-12-19(16)25)20-23-21(26-24-20)18-11-9-13-22-18;/h6-7,10,12,15,18,22H,2-5,8-9,11,13-14H2,1H3;1H. The first kappa shape index (κ1) is 19.9. The first-order valence-electron chi connectivity index (χ1n) is 10.0. The van der Waals surface area contributed by atoms with Crippen molar-refractivity contribution < 1.29 is 4.52 Å². The van der Waals surface area contributed by atoms with Crippen LogP contribution in [0.5, 0.6) is 0 Å². The molecule has 2 aromatic heterocycles. The molecule has 146 valence electrons. The van der Waals surface area contributed by atoms with Crippen molar-refractivity contribution in [2.45, 2.75) is 64.5 Å². The van der Waals surface area contributed by atoms with Crippen LogP contribution in [0.3, 0.4) is 0 Å². The zero-order valence-electron chi connectivity index (χ0n) is 16.0. The first-order valence-corrected chi connectivity index (χ1v) is 10.0. The third-order valence-electron chi connectivity index (χ3n) is 5.33. The minimum absolute atomic E-state index is 0. The molecule has 1 aliphatic heterocycles. The lowest BCUT2D eigenvalue weighted by molar-refractivity contribution is 0.345. The number of aromatic nitrogens is 3. The zero-order valence-corrected chi connectivity index (χ0v) is 16.8. The summed E-state index contributed by atoms with van der Waals surface area (Å²) in [4.78, 5) is 4.69. The van der Waals surface area contributed by atoms with E-state index in [0.717, 1.165) is 25.1 Å². The van der Waals surface area contributed by atoms with Crippen LogP contribution < -0.4 is 5.32 Å². The van der Waals surface area contributed by atoms with Crippen LogP contribution in [-0.4, -0.2) is 21.3 Å². The van der Waals surface area contributed by atoms with Crippen LogP contribution in [0, 0.1) is 0 Å². The Hall–Kier alpha value is -1.85. The summed E-state index contributed by atoms with van der Waals surface area (Å²) in [6.45, 7) is 4.32. The summed E-state index contributed by atoms with van der Waals surface area (Å²) in [5.41, 5.74) is 2.32. The van der Waals surface area contributed by atoms with Crippen molar-refractivity contribution in [2.75, 3.05) is 6.54 Å². The van der Waals surface area contributed by atoms with E-state index in [1.54, 1.807) is 0 Å². The summed E-state index contributed by atoms with van der Waals surface area (Å²) in [7, 11) is 0. The van der Waals surface area contributed by atoms with E-state index in [2.05, 4.69) is 52.4 Å². The summed E-state index contributed by atoms with van der Waals surface area (Å²) in [5, 5.41) is 8.90. The minimum atomic E-state index is 0. The largest absolute Gasteiger partial charge is 0.347 e. The molecular weight excluding hydrogens is 360 g/mol. The average molecular weight is 389 g/mol. The highest BCUT2D eigenvalue weighted by molar-refractivity contribution is 5.94. The van der Waals surface area contributed by atoms with Crippen LogP contribution in [0.4, 0.5) is 0 Å². The van der Waals surface area contributed by atoms with Crippen molar-refractivity contribution in [3.05, 3.63) is 36.4 Å². The number of hydrogen-bond acceptors (Lipinski definition) is 4. The van der Waals surface area contributed by atoms with E-state index in [0.29, 0.717) is 11.7 Å². The first-order chi connectivity index (χ1) is 12.9. The van der Waals surface area contributed by atoms with Gasteiger partial charge in [-0.25, -0.2) is 0 Å². The lowest BCUT2D eigenvalue weighted by Crippen LogP contribution is -2.12. The summed E-state index contributed by atoms with van der Waals surface area (Å²) in [6.07, 6.45) is 10.9. The van der Waals surface area contributed by atoms with E-state index in [-0.39, 0.29) is 18.4 Å². The molecule has 4 rings (SSSR count). The Labute approximate surface area is 166 Å². The van der Waals surface area contributed by atoms with Gasteiger partial charge < -0.3 is 14.4 Å². The van der Waals surface area contributed by atoms with E-state index in [9.17, 15) is 0 Å². The monoisotopic (exact) mass is 388 g/mol. The third-order valence-corrected chi connectivity index (χ3v) is 5.33. The second kappa shape index (κ2) is 9.38. The number of aryl methyl sites for hydroxylation is 1. The number of halogens is 1. The summed E-state index contributed by atoms with van der Waals surface area (Å²) >= 11 is 0. The number of nitrogens with zero attached hydrogens (tertiary/aromatic N) is 3. The van der Waals surface area contributed by atoms with Crippen LogP contribution in [0.15, 0.2) is 35.0 Å². The summed E-state index contributed by atoms with van der Waals surface area (Å²) in [5.74, 6) is 1.42. The van der Waals surface area contributed by atoms with Gasteiger partial charge in [0.25, 0.3) is 0 Å². The number of rotatable bonds is 8. The number of unbranched alkanes of at least 4 members (excludes halogenated alkanes) is 4. The Morgan fingerprint density at radius 2 is 2.04 bits per heavy atom. The predicted octanol–water partition coefficient (Wildman–Crippen LogP) is 5.51. The fourth-order valence-corrected chi connectivity index (χ4v) is 3.88. The number of para-hydroxylation sites is 1. The van der Waals surface area contributed by atoms with Crippen molar-refractivity contribution in [3.63, 3.8) is 0 Å². The number of benzene rings is 1. The fraction of sp³-hybridized carbons (Fsp3) is 0.524. The maximum Gasteiger partial charge on any atom is 0.244 e. The molecule has 6 heteroatoms. The van der Waals surface area contributed by atoms with Crippen molar-refractivity contribution in [1.29, 1.82) is 0 Å². The Balaban J connectivity index is 0.00000210. The van der Waals surface area contributed by atoms with Gasteiger partial charge in [-0.05, 0) is 31.9 Å². The quantitative estimate of drug-likeness (QED) is 0.517. The van der Waals surface area contributed by atoms with Crippen LogP contribution in [-0.2, 0) is 6.54 Å². The van der Waals surface area contributed by atoms with Crippen molar-refractivity contribution >= 4 is 23.3 Å². The maximum absolute atomic E-state index is 5.55. The maximum atomic E-state index is 5.55. The second-order valence-corrected chi connectivity index (χ2v) is 7.27. The molecule has 0 saturated carbocycles. The van der Waals surface area contributed by atoms with Crippen LogP contribution in [0.25, 0.3) is 22.3 Å². The molecule has 0 bridgehead atoms. The normalized spacial score (nSPS) is 16.7. The molecule has 0 aliphatic carbocycles. The molecule has 27 heavy (non-hydrogen) atoms. The minimum Gasteiger partial charge on any atom is -0.347 e. The van der Waals surface area contributed by atoms with Crippen molar-refractivity contribution in [3.8, 4) is 11.4 Å². The third kappa shape index (κ3) is 4.36. The molecule has 5 nitrogen and oxygen atoms in total. The molecule has 1 aliphatic rings. The molecule has 3 heterocycles. The Morgan fingerprint density at radius 1 is 1.19 bits per heavy atom. The van der Waals surface area contributed by atoms with Gasteiger partial charge >= 0.3 is 0 Å². The second-order valence-electron chi connectivity index (χ2n) is 7.27. The highest BCUT2D eigenvalue weighted by Gasteiger charge is 2.23. The van der Waals surface area contributed by atoms with E-state index >= 15 is 0 Å². The molecule has 1 unspecified atom stereocenters. The highest BCUT2D eigenvalue weighted by atomic mass is 35.5. The number of hydrogen-bond donors (Lipinski definition) is 1. The molecule has 1 N–H and O–H groups in total. The average Bonchev–Trinajstić information content (AvgIpc) is 3.41. The van der Waals surface area contributed by atoms with Gasteiger partial charge in [-0.3, -0.25) is 0 Å². The van der Waals surface area contributed by atoms with E-state index in [1.165, 1.54) is 49.4 Å².